The molecule has 0 bridgehead atoms. The monoisotopic (exact) mass is 638 g/mol. The number of hydrogen-bond donors (Lipinski definition) is 1. The molecule has 3 aromatic carbocycles. The molecule has 3 heterocycles. The van der Waals surface area contributed by atoms with Gasteiger partial charge in [0.1, 0.15) is 5.75 Å². The van der Waals surface area contributed by atoms with Crippen LogP contribution in [-0.2, 0) is 35.3 Å². The molecule has 1 fully saturated rings. The molecule has 1 amide bonds. The summed E-state index contributed by atoms with van der Waals surface area (Å²) in [5.41, 5.74) is 5.59. The fourth-order valence-electron chi connectivity index (χ4n) is 7.72. The Balaban J connectivity index is 1.20. The molecule has 1 aromatic heterocycles. The predicted octanol–water partition coefficient (Wildman–Crippen LogP) is 5.84. The summed E-state index contributed by atoms with van der Waals surface area (Å²) in [4.78, 5) is 15.0. The highest BCUT2D eigenvalue weighted by molar-refractivity contribution is 6.91. The van der Waals surface area contributed by atoms with E-state index in [1.165, 1.54) is 16.3 Å². The molecule has 9 heteroatoms. The van der Waals surface area contributed by atoms with Crippen molar-refractivity contribution in [3.8, 4) is 5.75 Å². The van der Waals surface area contributed by atoms with Crippen molar-refractivity contribution in [3.05, 3.63) is 95.8 Å². The van der Waals surface area contributed by atoms with Crippen LogP contribution in [0.25, 0.3) is 0 Å². The molecule has 6 rings (SSSR count). The summed E-state index contributed by atoms with van der Waals surface area (Å²) in [6.45, 7) is 8.11. The van der Waals surface area contributed by atoms with Gasteiger partial charge in [-0.15, -0.1) is 5.10 Å². The number of ether oxygens (including phenoxy) is 2. The largest absolute Gasteiger partial charge is 0.497 e. The third kappa shape index (κ3) is 6.68. The van der Waals surface area contributed by atoms with E-state index in [2.05, 4.69) is 84.9 Å². The van der Waals surface area contributed by atoms with Crippen LogP contribution in [0.3, 0.4) is 0 Å². The SMILES string of the molecule is COc1ccc([Si](C)(C)[C@@H]2[C@@H](C)[C@@H](CCc3cccc(N4C(=O)CCc5ccccc54)c3)O[C@H]2CCn2cc(CCO)nn2)cc1. The van der Waals surface area contributed by atoms with E-state index >= 15 is 0 Å². The number of rotatable bonds is 12. The van der Waals surface area contributed by atoms with Gasteiger partial charge in [-0.1, -0.05) is 72.9 Å². The van der Waals surface area contributed by atoms with Crippen molar-refractivity contribution in [3.63, 3.8) is 0 Å². The van der Waals surface area contributed by atoms with Crippen LogP contribution < -0.4 is 14.8 Å². The number of para-hydroxylation sites is 1. The fraction of sp³-hybridized carbons (Fsp3) is 0.432. The first kappa shape index (κ1) is 32.2. The molecule has 2 aliphatic heterocycles. The highest BCUT2D eigenvalue weighted by Crippen LogP contribution is 2.46. The number of aliphatic hydroxyl groups is 1. The second kappa shape index (κ2) is 13.9. The number of carbonyl (C=O) groups excluding carboxylic acids is 1. The number of benzene rings is 3. The molecule has 4 atom stereocenters. The second-order valence-corrected chi connectivity index (χ2v) is 18.0. The van der Waals surface area contributed by atoms with Crippen molar-refractivity contribution in [1.82, 2.24) is 15.0 Å². The molecular weight excluding hydrogens is 593 g/mol. The van der Waals surface area contributed by atoms with Gasteiger partial charge in [0.2, 0.25) is 5.91 Å². The third-order valence-corrected chi connectivity index (χ3v) is 14.5. The second-order valence-electron chi connectivity index (χ2n) is 13.3. The van der Waals surface area contributed by atoms with Crippen LogP contribution >= 0.6 is 0 Å². The van der Waals surface area contributed by atoms with Gasteiger partial charge in [-0.05, 0) is 78.6 Å². The van der Waals surface area contributed by atoms with Gasteiger partial charge in [0.25, 0.3) is 0 Å². The van der Waals surface area contributed by atoms with Crippen LogP contribution in [0.5, 0.6) is 5.75 Å². The van der Waals surface area contributed by atoms with Crippen molar-refractivity contribution >= 4 is 30.5 Å². The van der Waals surface area contributed by atoms with Crippen molar-refractivity contribution in [2.75, 3.05) is 18.6 Å². The zero-order chi connectivity index (χ0) is 32.3. The number of amides is 1. The van der Waals surface area contributed by atoms with Crippen molar-refractivity contribution in [2.24, 2.45) is 5.92 Å². The molecule has 0 aliphatic carbocycles. The van der Waals surface area contributed by atoms with E-state index in [1.807, 2.05) is 34.0 Å². The highest BCUT2D eigenvalue weighted by Gasteiger charge is 2.50. The van der Waals surface area contributed by atoms with Gasteiger partial charge >= 0.3 is 0 Å². The Morgan fingerprint density at radius 2 is 1.78 bits per heavy atom. The summed E-state index contributed by atoms with van der Waals surface area (Å²) < 4.78 is 14.3. The maximum Gasteiger partial charge on any atom is 0.231 e. The molecule has 242 valence electrons. The average molecular weight is 639 g/mol. The Hall–Kier alpha value is -3.79. The van der Waals surface area contributed by atoms with Crippen molar-refractivity contribution in [1.29, 1.82) is 0 Å². The van der Waals surface area contributed by atoms with Crippen LogP contribution in [-0.4, -0.2) is 60.0 Å². The predicted molar refractivity (Wildman–Crippen MR) is 184 cm³/mol. The van der Waals surface area contributed by atoms with Crippen LogP contribution in [0.1, 0.15) is 43.0 Å². The minimum atomic E-state index is -1.98. The molecule has 1 N–H and O–H groups in total. The molecule has 2 aliphatic rings. The van der Waals surface area contributed by atoms with Crippen molar-refractivity contribution < 1.29 is 19.4 Å². The summed E-state index contributed by atoms with van der Waals surface area (Å²) in [6.07, 6.45) is 6.65. The summed E-state index contributed by atoms with van der Waals surface area (Å²) in [5.74, 6) is 1.41. The van der Waals surface area contributed by atoms with Gasteiger partial charge < -0.3 is 14.6 Å². The van der Waals surface area contributed by atoms with Gasteiger partial charge in [-0.3, -0.25) is 14.4 Å². The lowest BCUT2D eigenvalue weighted by Gasteiger charge is -2.36. The van der Waals surface area contributed by atoms with Gasteiger partial charge in [-0.25, -0.2) is 0 Å². The summed E-state index contributed by atoms with van der Waals surface area (Å²) in [6, 6.07) is 25.3. The maximum absolute atomic E-state index is 13.1. The Labute approximate surface area is 273 Å². The van der Waals surface area contributed by atoms with Gasteiger partial charge in [0, 0.05) is 37.9 Å². The number of hydrogen-bond acceptors (Lipinski definition) is 6. The zero-order valence-electron chi connectivity index (χ0n) is 27.4. The molecule has 46 heavy (non-hydrogen) atoms. The first-order chi connectivity index (χ1) is 22.3. The average Bonchev–Trinajstić information content (AvgIpc) is 3.66. The molecule has 0 saturated carbocycles. The van der Waals surface area contributed by atoms with E-state index < -0.39 is 8.07 Å². The Bertz CT molecular complexity index is 1640. The molecule has 0 radical (unpaired) electrons. The lowest BCUT2D eigenvalue weighted by Crippen LogP contribution is -2.50. The van der Waals surface area contributed by atoms with E-state index in [0.29, 0.717) is 24.3 Å². The van der Waals surface area contributed by atoms with E-state index in [4.69, 9.17) is 9.47 Å². The third-order valence-electron chi connectivity index (χ3n) is 10.1. The van der Waals surface area contributed by atoms with E-state index in [1.54, 1.807) is 7.11 Å². The normalized spacial score (nSPS) is 21.4. The van der Waals surface area contributed by atoms with Crippen LogP contribution in [0.2, 0.25) is 18.6 Å². The number of fused-ring (bicyclic) bond motifs is 1. The number of anilines is 2. The Kier molecular flexibility index (Phi) is 9.72. The topological polar surface area (TPSA) is 89.7 Å². The minimum Gasteiger partial charge on any atom is -0.497 e. The first-order valence-electron chi connectivity index (χ1n) is 16.6. The number of nitrogens with zero attached hydrogens (tertiary/aromatic N) is 4. The molecule has 8 nitrogen and oxygen atoms in total. The smallest absolute Gasteiger partial charge is 0.231 e. The van der Waals surface area contributed by atoms with Gasteiger partial charge in [-0.2, -0.15) is 0 Å². The lowest BCUT2D eigenvalue weighted by molar-refractivity contribution is -0.118. The standard InChI is InChI=1S/C37H46N4O4Si/c1-26-34(18-12-27-8-7-10-30(24-27)41-33-11-6-5-9-28(33)13-19-36(41)43)45-35(20-22-40-25-29(21-23-42)38-39-40)37(26)46(3,4)32-16-14-31(44-2)15-17-32/h5-11,14-17,24-26,34-35,37,42H,12-13,18-23H2,1-4H3/t26-,34+,35-,37+/m0/s1. The first-order valence-corrected chi connectivity index (χ1v) is 19.7. The molecule has 4 aromatic rings. The number of aromatic nitrogens is 3. The quantitative estimate of drug-likeness (QED) is 0.196. The number of aliphatic hydroxyl groups excluding tert-OH is 1. The Morgan fingerprint density at radius 1 is 0.978 bits per heavy atom. The van der Waals surface area contributed by atoms with Crippen LogP contribution in [0.15, 0.2) is 79.0 Å². The Morgan fingerprint density at radius 3 is 2.57 bits per heavy atom. The zero-order valence-corrected chi connectivity index (χ0v) is 28.4. The summed E-state index contributed by atoms with van der Waals surface area (Å²) in [7, 11) is -0.271. The summed E-state index contributed by atoms with van der Waals surface area (Å²) in [5, 5.41) is 19.2. The number of carbonyl (C=O) groups is 1. The van der Waals surface area contributed by atoms with Crippen molar-refractivity contribution in [2.45, 2.75) is 82.8 Å². The summed E-state index contributed by atoms with van der Waals surface area (Å²) >= 11 is 0. The van der Waals surface area contributed by atoms with Crippen LogP contribution in [0, 0.1) is 5.92 Å². The number of methoxy groups -OCH3 is 1. The van der Waals surface area contributed by atoms with Gasteiger partial charge in [0.15, 0.2) is 0 Å². The maximum atomic E-state index is 13.1. The number of aryl methyl sites for hydroxylation is 3. The van der Waals surface area contributed by atoms with E-state index in [9.17, 15) is 9.90 Å². The molecule has 1 saturated heterocycles. The molecule has 0 spiro atoms. The molecular formula is C37H46N4O4Si. The van der Waals surface area contributed by atoms with Gasteiger partial charge in [0.05, 0.1) is 38.8 Å². The minimum absolute atomic E-state index is 0.0673. The highest BCUT2D eigenvalue weighted by atomic mass is 28.3. The van der Waals surface area contributed by atoms with E-state index in [-0.39, 0.29) is 24.7 Å². The van der Waals surface area contributed by atoms with Crippen LogP contribution in [0.4, 0.5) is 11.4 Å². The molecule has 0 unspecified atom stereocenters. The lowest BCUT2D eigenvalue weighted by atomic mass is 9.94. The van der Waals surface area contributed by atoms with E-state index in [0.717, 1.165) is 55.0 Å². The fourth-order valence-corrected chi connectivity index (χ4v) is 11.8.